The lowest BCUT2D eigenvalue weighted by Gasteiger charge is -2.26. The van der Waals surface area contributed by atoms with Gasteiger partial charge in [0, 0.05) is 0 Å². The molecule has 1 N–H and O–H groups in total. The Balaban J connectivity index is 2.35. The molecule has 2 rings (SSSR count). The quantitative estimate of drug-likeness (QED) is 0.804. The van der Waals surface area contributed by atoms with Gasteiger partial charge in [-0.25, -0.2) is 0 Å². The van der Waals surface area contributed by atoms with Crippen LogP contribution in [-0.2, 0) is 11.0 Å². The average molecular weight is 218 g/mol. The molecule has 1 nitrogen and oxygen atoms in total. The highest BCUT2D eigenvalue weighted by atomic mass is 16.3. The third kappa shape index (κ3) is 2.15. The molecule has 0 amide bonds. The van der Waals surface area contributed by atoms with E-state index >= 15 is 0 Å². The first kappa shape index (κ1) is 11.7. The van der Waals surface area contributed by atoms with Gasteiger partial charge in [0.2, 0.25) is 0 Å². The van der Waals surface area contributed by atoms with Crippen molar-refractivity contribution in [2.45, 2.75) is 51.6 Å². The van der Waals surface area contributed by atoms with Crippen molar-refractivity contribution in [3.63, 3.8) is 0 Å². The number of aliphatic hydroxyl groups is 1. The molecule has 16 heavy (non-hydrogen) atoms. The fourth-order valence-electron chi connectivity index (χ4n) is 2.18. The smallest absolute Gasteiger partial charge is 0.0896 e. The fourth-order valence-corrected chi connectivity index (χ4v) is 2.18. The minimum atomic E-state index is -0.638. The summed E-state index contributed by atoms with van der Waals surface area (Å²) in [5, 5.41) is 10.5. The Morgan fingerprint density at radius 1 is 1.06 bits per heavy atom. The van der Waals surface area contributed by atoms with Crippen LogP contribution in [0, 0.1) is 5.92 Å². The Hall–Kier alpha value is -0.820. The van der Waals surface area contributed by atoms with Crippen LogP contribution in [0.5, 0.6) is 0 Å². The summed E-state index contributed by atoms with van der Waals surface area (Å²) in [6.45, 7) is 8.57. The van der Waals surface area contributed by atoms with E-state index in [2.05, 4.69) is 39.0 Å². The third-order valence-electron chi connectivity index (χ3n) is 3.69. The Kier molecular flexibility index (Phi) is 2.62. The van der Waals surface area contributed by atoms with Gasteiger partial charge in [-0.2, -0.15) is 0 Å². The van der Waals surface area contributed by atoms with Crippen molar-refractivity contribution in [1.29, 1.82) is 0 Å². The van der Waals surface area contributed by atoms with Crippen LogP contribution in [-0.4, -0.2) is 5.11 Å². The van der Waals surface area contributed by atoms with Crippen LogP contribution in [0.3, 0.4) is 0 Å². The van der Waals surface area contributed by atoms with Gasteiger partial charge in [-0.15, -0.1) is 0 Å². The van der Waals surface area contributed by atoms with Gasteiger partial charge in [-0.05, 0) is 42.2 Å². The molecule has 88 valence electrons. The highest BCUT2D eigenvalue weighted by Gasteiger charge is 2.41. The summed E-state index contributed by atoms with van der Waals surface area (Å²) >= 11 is 0. The minimum absolute atomic E-state index is 0.148. The standard InChI is InChI=1S/C15H22O/c1-14(2,3)12-6-5-7-13(10-12)15(4,16)11-8-9-11/h5-7,10-11,16H,8-9H2,1-4H3/t15-/m1/s1. The summed E-state index contributed by atoms with van der Waals surface area (Å²) in [5.74, 6) is 0.461. The Labute approximate surface area is 98.5 Å². The number of rotatable bonds is 2. The second-order valence-electron chi connectivity index (χ2n) is 6.25. The maximum Gasteiger partial charge on any atom is 0.0896 e. The SMILES string of the molecule is CC(C)(C)c1cccc([C@](C)(O)C2CC2)c1. The van der Waals surface area contributed by atoms with E-state index in [1.54, 1.807) is 0 Å². The van der Waals surface area contributed by atoms with Gasteiger partial charge >= 0.3 is 0 Å². The number of hydrogen-bond acceptors (Lipinski definition) is 1. The van der Waals surface area contributed by atoms with Crippen LogP contribution in [0.25, 0.3) is 0 Å². The van der Waals surface area contributed by atoms with E-state index in [4.69, 9.17) is 0 Å². The summed E-state index contributed by atoms with van der Waals surface area (Å²) in [6, 6.07) is 8.42. The molecule has 1 fully saturated rings. The van der Waals surface area contributed by atoms with Crippen molar-refractivity contribution in [2.75, 3.05) is 0 Å². The molecular formula is C15H22O. The van der Waals surface area contributed by atoms with Gasteiger partial charge < -0.3 is 5.11 Å². The van der Waals surface area contributed by atoms with Gasteiger partial charge in [0.25, 0.3) is 0 Å². The zero-order valence-corrected chi connectivity index (χ0v) is 10.7. The molecule has 0 saturated heterocycles. The van der Waals surface area contributed by atoms with E-state index in [1.807, 2.05) is 13.0 Å². The average Bonchev–Trinajstić information content (AvgIpc) is 3.00. The molecule has 0 spiro atoms. The van der Waals surface area contributed by atoms with Crippen molar-refractivity contribution < 1.29 is 5.11 Å². The van der Waals surface area contributed by atoms with Crippen molar-refractivity contribution in [3.8, 4) is 0 Å². The lowest BCUT2D eigenvalue weighted by molar-refractivity contribution is 0.0329. The van der Waals surface area contributed by atoms with Gasteiger partial charge in [0.05, 0.1) is 5.60 Å². The fraction of sp³-hybridized carbons (Fsp3) is 0.600. The van der Waals surface area contributed by atoms with E-state index in [0.717, 1.165) is 18.4 Å². The Morgan fingerprint density at radius 3 is 2.12 bits per heavy atom. The third-order valence-corrected chi connectivity index (χ3v) is 3.69. The highest BCUT2D eigenvalue weighted by molar-refractivity contribution is 5.32. The van der Waals surface area contributed by atoms with Crippen LogP contribution in [0.15, 0.2) is 24.3 Å². The molecule has 1 aromatic rings. The molecule has 1 aromatic carbocycles. The lowest BCUT2D eigenvalue weighted by atomic mass is 9.82. The molecule has 0 aliphatic heterocycles. The van der Waals surface area contributed by atoms with Gasteiger partial charge in [-0.3, -0.25) is 0 Å². The molecule has 1 saturated carbocycles. The zero-order valence-electron chi connectivity index (χ0n) is 10.7. The van der Waals surface area contributed by atoms with Crippen LogP contribution in [0.2, 0.25) is 0 Å². The lowest BCUT2D eigenvalue weighted by Crippen LogP contribution is -2.24. The molecular weight excluding hydrogens is 196 g/mol. The van der Waals surface area contributed by atoms with Crippen molar-refractivity contribution in [2.24, 2.45) is 5.92 Å². The summed E-state index contributed by atoms with van der Waals surface area (Å²) in [7, 11) is 0. The zero-order chi connectivity index (χ0) is 12.0. The molecule has 0 bridgehead atoms. The van der Waals surface area contributed by atoms with E-state index in [0.29, 0.717) is 5.92 Å². The molecule has 0 radical (unpaired) electrons. The molecule has 1 atom stereocenters. The van der Waals surface area contributed by atoms with E-state index < -0.39 is 5.60 Å². The first-order valence-electron chi connectivity index (χ1n) is 6.15. The van der Waals surface area contributed by atoms with Crippen molar-refractivity contribution in [1.82, 2.24) is 0 Å². The largest absolute Gasteiger partial charge is 0.385 e. The van der Waals surface area contributed by atoms with Crippen LogP contribution in [0.1, 0.15) is 51.7 Å². The maximum atomic E-state index is 10.5. The summed E-state index contributed by atoms with van der Waals surface area (Å²) in [6.07, 6.45) is 2.32. The van der Waals surface area contributed by atoms with Gasteiger partial charge in [0.1, 0.15) is 0 Å². The predicted molar refractivity (Wildman–Crippen MR) is 67.4 cm³/mol. The van der Waals surface area contributed by atoms with Crippen molar-refractivity contribution in [3.05, 3.63) is 35.4 Å². The van der Waals surface area contributed by atoms with Crippen LogP contribution in [0.4, 0.5) is 0 Å². The molecule has 0 unspecified atom stereocenters. The van der Waals surface area contributed by atoms with E-state index in [-0.39, 0.29) is 5.41 Å². The molecule has 1 aliphatic rings. The first-order valence-corrected chi connectivity index (χ1v) is 6.15. The Morgan fingerprint density at radius 2 is 1.62 bits per heavy atom. The van der Waals surface area contributed by atoms with Gasteiger partial charge in [0.15, 0.2) is 0 Å². The summed E-state index contributed by atoms with van der Waals surface area (Å²) < 4.78 is 0. The van der Waals surface area contributed by atoms with Gasteiger partial charge in [-0.1, -0.05) is 45.0 Å². The van der Waals surface area contributed by atoms with E-state index in [1.165, 1.54) is 5.56 Å². The minimum Gasteiger partial charge on any atom is -0.385 e. The summed E-state index contributed by atoms with van der Waals surface area (Å²) in [4.78, 5) is 0. The second-order valence-corrected chi connectivity index (χ2v) is 6.25. The predicted octanol–water partition coefficient (Wildman–Crippen LogP) is 3.60. The molecule has 0 aromatic heterocycles. The van der Waals surface area contributed by atoms with E-state index in [9.17, 15) is 5.11 Å². The number of benzene rings is 1. The Bertz CT molecular complexity index is 381. The maximum absolute atomic E-state index is 10.5. The van der Waals surface area contributed by atoms with Crippen molar-refractivity contribution >= 4 is 0 Å². The van der Waals surface area contributed by atoms with Crippen LogP contribution < -0.4 is 0 Å². The summed E-state index contributed by atoms with van der Waals surface area (Å²) in [5.41, 5.74) is 1.88. The van der Waals surface area contributed by atoms with Crippen LogP contribution >= 0.6 is 0 Å². The second kappa shape index (κ2) is 3.59. The molecule has 1 heteroatoms. The first-order chi connectivity index (χ1) is 7.32. The molecule has 0 heterocycles. The highest BCUT2D eigenvalue weighted by Crippen LogP contribution is 2.45. The normalized spacial score (nSPS) is 20.6. The molecule has 1 aliphatic carbocycles. The topological polar surface area (TPSA) is 20.2 Å². The number of hydrogen-bond donors (Lipinski definition) is 1. The monoisotopic (exact) mass is 218 g/mol.